The maximum atomic E-state index is 11.9. The first-order valence-electron chi connectivity index (χ1n) is 9.63. The Morgan fingerprint density at radius 2 is 1.96 bits per heavy atom. The van der Waals surface area contributed by atoms with Crippen LogP contribution in [0.4, 0.5) is 0 Å². The van der Waals surface area contributed by atoms with Gasteiger partial charge < -0.3 is 4.98 Å². The molecule has 1 saturated heterocycles. The van der Waals surface area contributed by atoms with Gasteiger partial charge in [0.1, 0.15) is 0 Å². The molecule has 0 saturated carbocycles. The third-order valence-electron chi connectivity index (χ3n) is 5.52. The molecule has 1 atom stereocenters. The summed E-state index contributed by atoms with van der Waals surface area (Å²) in [7, 11) is 0. The molecule has 0 amide bonds. The number of benzene rings is 1. The maximum absolute atomic E-state index is 11.9. The van der Waals surface area contributed by atoms with Crippen molar-refractivity contribution in [2.45, 2.75) is 31.7 Å². The van der Waals surface area contributed by atoms with Crippen molar-refractivity contribution in [3.8, 4) is 0 Å². The number of nitrogens with zero attached hydrogens (tertiary/aromatic N) is 2. The lowest BCUT2D eigenvalue weighted by molar-refractivity contribution is 0.169. The van der Waals surface area contributed by atoms with E-state index < -0.39 is 0 Å². The van der Waals surface area contributed by atoms with E-state index >= 15 is 0 Å². The van der Waals surface area contributed by atoms with Gasteiger partial charge >= 0.3 is 0 Å². The molecule has 0 aliphatic carbocycles. The molecule has 4 nitrogen and oxygen atoms in total. The molecule has 4 rings (SSSR count). The van der Waals surface area contributed by atoms with Crippen LogP contribution in [0, 0.1) is 5.92 Å². The number of likely N-dealkylation sites (tertiary alicyclic amines) is 1. The molecule has 1 fully saturated rings. The third kappa shape index (κ3) is 4.54. The van der Waals surface area contributed by atoms with Crippen molar-refractivity contribution in [1.82, 2.24) is 14.9 Å². The first kappa shape index (κ1) is 18.1. The first-order chi connectivity index (χ1) is 13.3. The van der Waals surface area contributed by atoms with Crippen molar-refractivity contribution in [3.05, 3.63) is 86.7 Å². The van der Waals surface area contributed by atoms with E-state index in [0.717, 1.165) is 31.6 Å². The number of aromatic nitrogens is 2. The average molecular weight is 380 g/mol. The van der Waals surface area contributed by atoms with Gasteiger partial charge in [-0.2, -0.15) is 0 Å². The van der Waals surface area contributed by atoms with Crippen LogP contribution in [0.25, 0.3) is 0 Å². The van der Waals surface area contributed by atoms with Crippen LogP contribution in [0.3, 0.4) is 0 Å². The standard InChI is InChI=1S/C22H25N3OS/c26-21-19(7-4-10-23-21)16-25-12-8-17(9-13-25)15-20(22-24-11-14-27-22)18-5-2-1-3-6-18/h1-7,10-11,14,17,20H,8-9,12-13,15-16H2,(H,23,26). The number of rotatable bonds is 6. The van der Waals surface area contributed by atoms with Gasteiger partial charge in [-0.15, -0.1) is 11.3 Å². The van der Waals surface area contributed by atoms with Crippen molar-refractivity contribution < 1.29 is 0 Å². The Bertz CT molecular complexity index is 883. The second kappa shape index (κ2) is 8.63. The van der Waals surface area contributed by atoms with Crippen LogP contribution in [0.5, 0.6) is 0 Å². The zero-order chi connectivity index (χ0) is 18.5. The molecule has 0 bridgehead atoms. The summed E-state index contributed by atoms with van der Waals surface area (Å²) >= 11 is 1.76. The van der Waals surface area contributed by atoms with E-state index in [9.17, 15) is 4.79 Å². The lowest BCUT2D eigenvalue weighted by Gasteiger charge is -2.33. The number of hydrogen-bond donors (Lipinski definition) is 1. The lowest BCUT2D eigenvalue weighted by atomic mass is 9.84. The molecule has 0 radical (unpaired) electrons. The Balaban J connectivity index is 1.39. The number of nitrogens with one attached hydrogen (secondary N) is 1. The van der Waals surface area contributed by atoms with Crippen molar-refractivity contribution >= 4 is 11.3 Å². The monoisotopic (exact) mass is 379 g/mol. The fourth-order valence-corrected chi connectivity index (χ4v) is 4.79. The highest BCUT2D eigenvalue weighted by molar-refractivity contribution is 7.09. The first-order valence-corrected chi connectivity index (χ1v) is 10.5. The molecule has 27 heavy (non-hydrogen) atoms. The average Bonchev–Trinajstić information content (AvgIpc) is 3.24. The highest BCUT2D eigenvalue weighted by Crippen LogP contribution is 2.35. The molecule has 1 aromatic carbocycles. The maximum Gasteiger partial charge on any atom is 0.252 e. The largest absolute Gasteiger partial charge is 0.329 e. The minimum Gasteiger partial charge on any atom is -0.329 e. The molecular formula is C22H25N3OS. The summed E-state index contributed by atoms with van der Waals surface area (Å²) in [5, 5.41) is 3.30. The summed E-state index contributed by atoms with van der Waals surface area (Å²) in [5.41, 5.74) is 2.26. The number of pyridine rings is 1. The molecule has 140 valence electrons. The predicted octanol–water partition coefficient (Wildman–Crippen LogP) is 4.27. The molecular weight excluding hydrogens is 354 g/mol. The normalized spacial score (nSPS) is 17.0. The van der Waals surface area contributed by atoms with Crippen LogP contribution in [0.15, 0.2) is 65.0 Å². The van der Waals surface area contributed by atoms with E-state index in [1.54, 1.807) is 17.5 Å². The highest BCUT2D eigenvalue weighted by atomic mass is 32.1. The minimum atomic E-state index is 0.0348. The highest BCUT2D eigenvalue weighted by Gasteiger charge is 2.25. The van der Waals surface area contributed by atoms with Gasteiger partial charge in [0.15, 0.2) is 0 Å². The van der Waals surface area contributed by atoms with Gasteiger partial charge in [0.2, 0.25) is 0 Å². The Hall–Kier alpha value is -2.24. The van der Waals surface area contributed by atoms with E-state index in [0.29, 0.717) is 11.8 Å². The smallest absolute Gasteiger partial charge is 0.252 e. The lowest BCUT2D eigenvalue weighted by Crippen LogP contribution is -2.35. The number of piperidine rings is 1. The zero-order valence-corrected chi connectivity index (χ0v) is 16.2. The van der Waals surface area contributed by atoms with E-state index in [2.05, 4.69) is 50.6 Å². The van der Waals surface area contributed by atoms with Crippen LogP contribution in [0.2, 0.25) is 0 Å². The fourth-order valence-electron chi connectivity index (χ4n) is 4.01. The number of thiazole rings is 1. The van der Waals surface area contributed by atoms with Gasteiger partial charge in [0.25, 0.3) is 5.56 Å². The fraction of sp³-hybridized carbons (Fsp3) is 0.364. The second-order valence-corrected chi connectivity index (χ2v) is 8.24. The molecule has 1 aliphatic heterocycles. The summed E-state index contributed by atoms with van der Waals surface area (Å²) in [6.45, 7) is 2.86. The summed E-state index contributed by atoms with van der Waals surface area (Å²) in [6, 6.07) is 14.6. The summed E-state index contributed by atoms with van der Waals surface area (Å²) < 4.78 is 0. The SMILES string of the molecule is O=c1[nH]cccc1CN1CCC(CC(c2ccccc2)c2nccs2)CC1. The van der Waals surface area contributed by atoms with Crippen molar-refractivity contribution in [2.75, 3.05) is 13.1 Å². The molecule has 2 aromatic heterocycles. The van der Waals surface area contributed by atoms with Gasteiger partial charge in [0.05, 0.1) is 5.01 Å². The Kier molecular flexibility index (Phi) is 5.80. The summed E-state index contributed by atoms with van der Waals surface area (Å²) in [4.78, 5) is 21.7. The van der Waals surface area contributed by atoms with E-state index in [4.69, 9.17) is 0 Å². The molecule has 3 aromatic rings. The van der Waals surface area contributed by atoms with Gasteiger partial charge in [0, 0.05) is 35.8 Å². The van der Waals surface area contributed by atoms with Crippen LogP contribution < -0.4 is 5.56 Å². The topological polar surface area (TPSA) is 49.0 Å². The Morgan fingerprint density at radius 3 is 2.67 bits per heavy atom. The quantitative estimate of drug-likeness (QED) is 0.696. The number of H-pyrrole nitrogens is 1. The summed E-state index contributed by atoms with van der Waals surface area (Å²) in [5.74, 6) is 1.09. The predicted molar refractivity (Wildman–Crippen MR) is 110 cm³/mol. The van der Waals surface area contributed by atoms with Crippen LogP contribution in [-0.4, -0.2) is 28.0 Å². The number of hydrogen-bond acceptors (Lipinski definition) is 4. The van der Waals surface area contributed by atoms with Crippen molar-refractivity contribution in [3.63, 3.8) is 0 Å². The van der Waals surface area contributed by atoms with Gasteiger partial charge in [-0.25, -0.2) is 4.98 Å². The van der Waals surface area contributed by atoms with Crippen molar-refractivity contribution in [1.29, 1.82) is 0 Å². The molecule has 0 spiro atoms. The van der Waals surface area contributed by atoms with Gasteiger partial charge in [-0.1, -0.05) is 36.4 Å². The van der Waals surface area contributed by atoms with Crippen LogP contribution in [-0.2, 0) is 6.54 Å². The third-order valence-corrected chi connectivity index (χ3v) is 6.41. The number of aromatic amines is 1. The van der Waals surface area contributed by atoms with Crippen LogP contribution in [0.1, 0.15) is 41.3 Å². The molecule has 5 heteroatoms. The van der Waals surface area contributed by atoms with Gasteiger partial charge in [-0.3, -0.25) is 9.69 Å². The van der Waals surface area contributed by atoms with E-state index in [1.165, 1.54) is 23.4 Å². The zero-order valence-electron chi connectivity index (χ0n) is 15.4. The molecule has 3 heterocycles. The second-order valence-electron chi connectivity index (χ2n) is 7.31. The van der Waals surface area contributed by atoms with E-state index in [1.807, 2.05) is 18.3 Å². The molecule has 1 N–H and O–H groups in total. The minimum absolute atomic E-state index is 0.0348. The Labute approximate surface area is 163 Å². The Morgan fingerprint density at radius 1 is 1.15 bits per heavy atom. The molecule has 1 unspecified atom stereocenters. The van der Waals surface area contributed by atoms with Gasteiger partial charge in [-0.05, 0) is 49.9 Å². The van der Waals surface area contributed by atoms with Crippen molar-refractivity contribution in [2.24, 2.45) is 5.92 Å². The van der Waals surface area contributed by atoms with E-state index in [-0.39, 0.29) is 5.56 Å². The summed E-state index contributed by atoms with van der Waals surface area (Å²) in [6.07, 6.45) is 7.12. The van der Waals surface area contributed by atoms with Crippen LogP contribution >= 0.6 is 11.3 Å². The molecule has 1 aliphatic rings.